The molecular weight excluding hydrogens is 618 g/mol. The van der Waals surface area contributed by atoms with Crippen molar-refractivity contribution in [1.82, 2.24) is 4.90 Å². The number of hydrogen-bond acceptors (Lipinski definition) is 7. The lowest BCUT2D eigenvalue weighted by Gasteiger charge is -2.49. The SMILES string of the molecule is COCCCN1C2=C(C(=O)CC(C)(C)C2)C(c2ccc(OS(=O)(=O)c3ccccc3)c(Br)c2)C2=C1CC(C)(C)CC2=O. The van der Waals surface area contributed by atoms with Crippen LogP contribution in [0.2, 0.25) is 0 Å². The van der Waals surface area contributed by atoms with Crippen LogP contribution < -0.4 is 4.18 Å². The van der Waals surface area contributed by atoms with Gasteiger partial charge in [-0.2, -0.15) is 8.42 Å². The molecule has 2 aromatic rings. The van der Waals surface area contributed by atoms with Gasteiger partial charge in [-0.3, -0.25) is 9.59 Å². The Morgan fingerprint density at radius 3 is 1.98 bits per heavy atom. The van der Waals surface area contributed by atoms with Gasteiger partial charge in [-0.25, -0.2) is 0 Å². The summed E-state index contributed by atoms with van der Waals surface area (Å²) in [7, 11) is -2.37. The second-order valence-corrected chi connectivity index (χ2v) is 15.5. The van der Waals surface area contributed by atoms with Crippen LogP contribution >= 0.6 is 15.9 Å². The van der Waals surface area contributed by atoms with Crippen molar-refractivity contribution >= 4 is 37.6 Å². The van der Waals surface area contributed by atoms with Gasteiger partial charge in [0.1, 0.15) is 4.90 Å². The number of rotatable bonds is 8. The van der Waals surface area contributed by atoms with E-state index in [1.165, 1.54) is 12.1 Å². The number of hydrogen-bond donors (Lipinski definition) is 0. The van der Waals surface area contributed by atoms with Crippen molar-refractivity contribution in [1.29, 1.82) is 0 Å². The molecule has 5 rings (SSSR count). The highest BCUT2D eigenvalue weighted by molar-refractivity contribution is 9.10. The minimum Gasteiger partial charge on any atom is -0.385 e. The summed E-state index contributed by atoms with van der Waals surface area (Å²) in [5.41, 5.74) is 3.66. The fourth-order valence-corrected chi connectivity index (χ4v) is 8.09. The molecule has 0 spiro atoms. The highest BCUT2D eigenvalue weighted by atomic mass is 79.9. The molecule has 224 valence electrons. The summed E-state index contributed by atoms with van der Waals surface area (Å²) in [6, 6.07) is 13.1. The van der Waals surface area contributed by atoms with E-state index in [1.807, 2.05) is 0 Å². The van der Waals surface area contributed by atoms with Crippen LogP contribution in [0.4, 0.5) is 0 Å². The summed E-state index contributed by atoms with van der Waals surface area (Å²) in [5, 5.41) is 0. The predicted molar refractivity (Wildman–Crippen MR) is 164 cm³/mol. The van der Waals surface area contributed by atoms with Crippen LogP contribution in [0.1, 0.15) is 71.3 Å². The molecule has 1 heterocycles. The number of carbonyl (C=O) groups is 2. The quantitative estimate of drug-likeness (QED) is 0.225. The largest absolute Gasteiger partial charge is 0.385 e. The zero-order chi connectivity index (χ0) is 30.4. The van der Waals surface area contributed by atoms with Gasteiger partial charge < -0.3 is 13.8 Å². The third-order valence-corrected chi connectivity index (χ3v) is 10.1. The van der Waals surface area contributed by atoms with Gasteiger partial charge >= 0.3 is 10.1 Å². The Bertz CT molecular complexity index is 1540. The smallest absolute Gasteiger partial charge is 0.339 e. The number of methoxy groups -OCH3 is 1. The Labute approximate surface area is 257 Å². The van der Waals surface area contributed by atoms with Gasteiger partial charge in [-0.15, -0.1) is 0 Å². The van der Waals surface area contributed by atoms with Crippen LogP contribution in [-0.2, 0) is 24.4 Å². The first kappa shape index (κ1) is 30.7. The monoisotopic (exact) mass is 655 g/mol. The number of carbonyl (C=O) groups excluding carboxylic acids is 2. The third-order valence-electron chi connectivity index (χ3n) is 8.27. The number of nitrogens with zero attached hydrogens (tertiary/aromatic N) is 1. The number of ketones is 2. The Hall–Kier alpha value is -2.75. The third kappa shape index (κ3) is 6.01. The molecule has 0 amide bonds. The summed E-state index contributed by atoms with van der Waals surface area (Å²) in [6.45, 7) is 9.72. The number of allylic oxidation sites excluding steroid dienone is 4. The molecule has 0 N–H and O–H groups in total. The number of benzene rings is 2. The summed E-state index contributed by atoms with van der Waals surface area (Å²) < 4.78 is 37.1. The van der Waals surface area contributed by atoms with Crippen LogP contribution in [0.15, 0.2) is 80.4 Å². The van der Waals surface area contributed by atoms with E-state index in [-0.39, 0.29) is 33.0 Å². The van der Waals surface area contributed by atoms with E-state index < -0.39 is 16.0 Å². The van der Waals surface area contributed by atoms with Gasteiger partial charge in [-0.1, -0.05) is 52.0 Å². The van der Waals surface area contributed by atoms with Crippen molar-refractivity contribution in [2.24, 2.45) is 10.8 Å². The molecular formula is C33H38BrNO6S. The second-order valence-electron chi connectivity index (χ2n) is 13.1. The molecule has 0 unspecified atom stereocenters. The topological polar surface area (TPSA) is 90.0 Å². The summed E-state index contributed by atoms with van der Waals surface area (Å²) >= 11 is 3.52. The van der Waals surface area contributed by atoms with Gasteiger partial charge in [-0.05, 0) is 75.9 Å². The molecule has 0 atom stereocenters. The van der Waals surface area contributed by atoms with Gasteiger partial charge in [0.25, 0.3) is 0 Å². The van der Waals surface area contributed by atoms with Crippen molar-refractivity contribution in [2.75, 3.05) is 20.3 Å². The average Bonchev–Trinajstić information content (AvgIpc) is 2.89. The summed E-state index contributed by atoms with van der Waals surface area (Å²) in [4.78, 5) is 30.2. The molecule has 0 bridgehead atoms. The molecule has 42 heavy (non-hydrogen) atoms. The zero-order valence-electron chi connectivity index (χ0n) is 24.8. The maximum Gasteiger partial charge on any atom is 0.339 e. The first-order chi connectivity index (χ1) is 19.7. The molecule has 1 aliphatic heterocycles. The van der Waals surface area contributed by atoms with Crippen LogP contribution in [0.3, 0.4) is 0 Å². The highest BCUT2D eigenvalue weighted by Gasteiger charge is 2.48. The molecule has 2 aliphatic carbocycles. The Morgan fingerprint density at radius 2 is 1.45 bits per heavy atom. The standard InChI is InChI=1S/C33H38BrNO6S/c1-32(2)17-24-30(26(36)19-32)29(31-25(35(24)14-9-15-40-5)18-33(3,4)20-27(31)37)21-12-13-28(23(34)16-21)41-42(38,39)22-10-7-6-8-11-22/h6-8,10-13,16,29H,9,14-15,17-20H2,1-5H3. The first-order valence-electron chi connectivity index (χ1n) is 14.3. The van der Waals surface area contributed by atoms with Crippen molar-refractivity contribution in [3.8, 4) is 5.75 Å². The lowest BCUT2D eigenvalue weighted by Crippen LogP contribution is -2.44. The van der Waals surface area contributed by atoms with Gasteiger partial charge in [0, 0.05) is 61.6 Å². The molecule has 2 aromatic carbocycles. The van der Waals surface area contributed by atoms with Crippen LogP contribution in [0.5, 0.6) is 5.75 Å². The van der Waals surface area contributed by atoms with Crippen LogP contribution in [0.25, 0.3) is 0 Å². The highest BCUT2D eigenvalue weighted by Crippen LogP contribution is 2.54. The lowest BCUT2D eigenvalue weighted by atomic mass is 9.63. The van der Waals surface area contributed by atoms with Gasteiger partial charge in [0.2, 0.25) is 0 Å². The molecule has 0 radical (unpaired) electrons. The van der Waals surface area contributed by atoms with E-state index in [9.17, 15) is 18.0 Å². The normalized spacial score (nSPS) is 20.5. The van der Waals surface area contributed by atoms with E-state index >= 15 is 0 Å². The number of Topliss-reactive ketones (excluding diaryl/α,β-unsaturated/α-hetero) is 2. The minimum atomic E-state index is -4.05. The van der Waals surface area contributed by atoms with Crippen molar-refractivity contribution < 1.29 is 26.9 Å². The van der Waals surface area contributed by atoms with E-state index in [0.717, 1.165) is 36.2 Å². The van der Waals surface area contributed by atoms with Crippen LogP contribution in [-0.4, -0.2) is 45.1 Å². The molecule has 9 heteroatoms. The molecule has 0 fully saturated rings. The Morgan fingerprint density at radius 1 is 0.881 bits per heavy atom. The van der Waals surface area contributed by atoms with E-state index in [4.69, 9.17) is 8.92 Å². The first-order valence-corrected chi connectivity index (χ1v) is 16.5. The number of halogens is 1. The molecule has 0 saturated carbocycles. The fraction of sp³-hybridized carbons (Fsp3) is 0.455. The maximum atomic E-state index is 13.9. The van der Waals surface area contributed by atoms with Gasteiger partial charge in [0.05, 0.1) is 4.47 Å². The van der Waals surface area contributed by atoms with Crippen molar-refractivity contribution in [3.05, 3.63) is 81.1 Å². The predicted octanol–water partition coefficient (Wildman–Crippen LogP) is 6.94. The molecule has 7 nitrogen and oxygen atoms in total. The van der Waals surface area contributed by atoms with Crippen molar-refractivity contribution in [3.63, 3.8) is 0 Å². The van der Waals surface area contributed by atoms with Gasteiger partial charge in [0.15, 0.2) is 17.3 Å². The maximum absolute atomic E-state index is 13.9. The molecule has 0 aromatic heterocycles. The second kappa shape index (κ2) is 11.4. The average molecular weight is 657 g/mol. The van der Waals surface area contributed by atoms with E-state index in [2.05, 4.69) is 48.5 Å². The van der Waals surface area contributed by atoms with Crippen molar-refractivity contribution in [2.45, 2.75) is 70.6 Å². The van der Waals surface area contributed by atoms with E-state index in [1.54, 1.807) is 43.5 Å². The zero-order valence-corrected chi connectivity index (χ0v) is 27.2. The van der Waals surface area contributed by atoms with Crippen LogP contribution in [0, 0.1) is 10.8 Å². The lowest BCUT2D eigenvalue weighted by molar-refractivity contribution is -0.119. The minimum absolute atomic E-state index is 0.0512. The molecule has 3 aliphatic rings. The summed E-state index contributed by atoms with van der Waals surface area (Å²) in [5.74, 6) is -0.294. The number of ether oxygens (including phenoxy) is 1. The fourth-order valence-electron chi connectivity index (χ4n) is 6.54. The molecule has 0 saturated heterocycles. The van der Waals surface area contributed by atoms with E-state index in [0.29, 0.717) is 41.6 Å². The Kier molecular flexibility index (Phi) is 8.33. The Balaban J connectivity index is 1.63. The summed E-state index contributed by atoms with van der Waals surface area (Å²) in [6.07, 6.45) is 3.01.